The summed E-state index contributed by atoms with van der Waals surface area (Å²) in [5.41, 5.74) is 0.706. The zero-order chi connectivity index (χ0) is 7.56. The Hall–Kier alpha value is 0.210. The zero-order valence-corrected chi connectivity index (χ0v) is 8.04. The largest absolute Gasteiger partial charge is 0.258 e. The van der Waals surface area contributed by atoms with E-state index in [1.54, 1.807) is 12.3 Å². The van der Waals surface area contributed by atoms with E-state index in [1.807, 2.05) is 0 Å². The average Bonchev–Trinajstić information content (AvgIpc) is 1.95. The van der Waals surface area contributed by atoms with Gasteiger partial charge in [-0.1, -0.05) is 11.6 Å². The van der Waals surface area contributed by atoms with Gasteiger partial charge in [-0.25, -0.2) is 0 Å². The van der Waals surface area contributed by atoms with Crippen molar-refractivity contribution in [1.29, 1.82) is 0 Å². The smallest absolute Gasteiger partial charge is 0.0775 e. The first-order valence-corrected chi connectivity index (χ1v) is 4.31. The van der Waals surface area contributed by atoms with Gasteiger partial charge in [0.2, 0.25) is 0 Å². The Balaban J connectivity index is 3.14. The number of hydrogen-bond donors (Lipinski definition) is 0. The lowest BCUT2D eigenvalue weighted by molar-refractivity contribution is 1.16. The summed E-state index contributed by atoms with van der Waals surface area (Å²) in [5.74, 6) is 0.346. The molecule has 1 rings (SSSR count). The number of aromatic nitrogens is 1. The number of hydrogen-bond acceptors (Lipinski definition) is 1. The van der Waals surface area contributed by atoms with Crippen LogP contribution in [0, 0.1) is 0 Å². The third-order valence-electron chi connectivity index (χ3n) is 1.04. The lowest BCUT2D eigenvalue weighted by Crippen LogP contribution is -1.85. The highest BCUT2D eigenvalue weighted by Gasteiger charge is 2.02. The third kappa shape index (κ3) is 1.62. The summed E-state index contributed by atoms with van der Waals surface area (Å²) in [6.07, 6.45) is 1.66. The van der Waals surface area contributed by atoms with Crippen LogP contribution in [0.4, 0.5) is 0 Å². The molecule has 0 spiro atoms. The van der Waals surface area contributed by atoms with Crippen LogP contribution in [-0.2, 0) is 5.88 Å². The molecule has 1 heterocycles. The topological polar surface area (TPSA) is 12.9 Å². The van der Waals surface area contributed by atoms with E-state index in [0.29, 0.717) is 16.6 Å². The van der Waals surface area contributed by atoms with Crippen molar-refractivity contribution in [2.45, 2.75) is 5.88 Å². The van der Waals surface area contributed by atoms with Crippen LogP contribution in [0.25, 0.3) is 0 Å². The monoisotopic (exact) mass is 239 g/mol. The maximum absolute atomic E-state index is 5.80. The van der Waals surface area contributed by atoms with Crippen molar-refractivity contribution < 1.29 is 0 Å². The van der Waals surface area contributed by atoms with Crippen LogP contribution in [0.1, 0.15) is 5.69 Å². The normalized spacial score (nSPS) is 9.90. The lowest BCUT2D eigenvalue weighted by atomic mass is 10.4. The molecular weight excluding hydrogens is 237 g/mol. The van der Waals surface area contributed by atoms with Crippen molar-refractivity contribution in [3.63, 3.8) is 0 Å². The molecule has 0 saturated heterocycles. The maximum Gasteiger partial charge on any atom is 0.0775 e. The molecule has 4 heteroatoms. The third-order valence-corrected chi connectivity index (χ3v) is 2.60. The van der Waals surface area contributed by atoms with Crippen molar-refractivity contribution >= 4 is 39.1 Å². The first-order chi connectivity index (χ1) is 4.75. The van der Waals surface area contributed by atoms with Crippen LogP contribution in [0.5, 0.6) is 0 Å². The molecule has 0 aromatic carbocycles. The van der Waals surface area contributed by atoms with Gasteiger partial charge in [-0.2, -0.15) is 0 Å². The van der Waals surface area contributed by atoms with E-state index in [1.165, 1.54) is 0 Å². The maximum atomic E-state index is 5.80. The molecule has 10 heavy (non-hydrogen) atoms. The van der Waals surface area contributed by atoms with Crippen molar-refractivity contribution in [2.75, 3.05) is 0 Å². The quantitative estimate of drug-likeness (QED) is 0.687. The van der Waals surface area contributed by atoms with Gasteiger partial charge in [0.05, 0.1) is 16.6 Å². The molecule has 0 atom stereocenters. The Bertz CT molecular complexity index is 239. The summed E-state index contributed by atoms with van der Waals surface area (Å²) in [5, 5.41) is 0.595. The molecule has 0 saturated carbocycles. The fraction of sp³-hybridized carbons (Fsp3) is 0.167. The molecule has 0 aliphatic carbocycles. The SMILES string of the molecule is ClCc1nccc(Br)c1Cl. The van der Waals surface area contributed by atoms with Gasteiger partial charge in [0.1, 0.15) is 0 Å². The van der Waals surface area contributed by atoms with Crippen LogP contribution in [0.3, 0.4) is 0 Å². The number of alkyl halides is 1. The van der Waals surface area contributed by atoms with Gasteiger partial charge >= 0.3 is 0 Å². The molecule has 1 aromatic heterocycles. The van der Waals surface area contributed by atoms with Crippen LogP contribution in [0.2, 0.25) is 5.02 Å². The van der Waals surface area contributed by atoms with Crippen LogP contribution in [-0.4, -0.2) is 4.98 Å². The Morgan fingerprint density at radius 1 is 1.60 bits per heavy atom. The minimum Gasteiger partial charge on any atom is -0.258 e. The van der Waals surface area contributed by atoms with E-state index in [4.69, 9.17) is 23.2 Å². The second-order valence-electron chi connectivity index (χ2n) is 1.69. The number of rotatable bonds is 1. The Labute approximate surface area is 77.5 Å². The highest BCUT2D eigenvalue weighted by molar-refractivity contribution is 9.10. The molecule has 0 amide bonds. The second kappa shape index (κ2) is 3.56. The van der Waals surface area contributed by atoms with Crippen LogP contribution in [0.15, 0.2) is 16.7 Å². The molecule has 0 radical (unpaired) electrons. The van der Waals surface area contributed by atoms with Crippen molar-refractivity contribution in [1.82, 2.24) is 4.98 Å². The molecule has 1 aromatic rings. The summed E-state index contributed by atoms with van der Waals surface area (Å²) in [4.78, 5) is 3.96. The predicted molar refractivity (Wildman–Crippen MR) is 46.5 cm³/mol. The van der Waals surface area contributed by atoms with E-state index < -0.39 is 0 Å². The Morgan fingerprint density at radius 3 is 2.80 bits per heavy atom. The molecule has 0 unspecified atom stereocenters. The summed E-state index contributed by atoms with van der Waals surface area (Å²) in [7, 11) is 0. The van der Waals surface area contributed by atoms with Crippen molar-refractivity contribution in [3.05, 3.63) is 27.5 Å². The highest BCUT2D eigenvalue weighted by Crippen LogP contribution is 2.24. The molecule has 0 fully saturated rings. The van der Waals surface area contributed by atoms with E-state index in [0.717, 1.165) is 4.47 Å². The summed E-state index contributed by atoms with van der Waals surface area (Å²) < 4.78 is 0.833. The first-order valence-electron chi connectivity index (χ1n) is 2.60. The highest BCUT2D eigenvalue weighted by atomic mass is 79.9. The van der Waals surface area contributed by atoms with E-state index in [-0.39, 0.29) is 0 Å². The molecule has 0 bridgehead atoms. The minimum atomic E-state index is 0.346. The summed E-state index contributed by atoms with van der Waals surface area (Å²) in [6.45, 7) is 0. The predicted octanol–water partition coefficient (Wildman–Crippen LogP) is 3.24. The van der Waals surface area contributed by atoms with Gasteiger partial charge in [0.25, 0.3) is 0 Å². The molecule has 0 N–H and O–H groups in total. The first kappa shape index (κ1) is 8.31. The van der Waals surface area contributed by atoms with E-state index >= 15 is 0 Å². The van der Waals surface area contributed by atoms with Gasteiger partial charge < -0.3 is 0 Å². The van der Waals surface area contributed by atoms with Gasteiger partial charge in [-0.05, 0) is 22.0 Å². The number of pyridine rings is 1. The van der Waals surface area contributed by atoms with E-state index in [9.17, 15) is 0 Å². The Kier molecular flexibility index (Phi) is 2.96. The van der Waals surface area contributed by atoms with Gasteiger partial charge in [-0.15, -0.1) is 11.6 Å². The fourth-order valence-corrected chi connectivity index (χ4v) is 1.35. The standard InChI is InChI=1S/C6H4BrCl2N/c7-4-1-2-10-5(3-8)6(4)9/h1-2H,3H2. The van der Waals surface area contributed by atoms with Gasteiger partial charge in [0, 0.05) is 10.7 Å². The molecule has 0 aliphatic rings. The molecule has 1 nitrogen and oxygen atoms in total. The number of halogens is 3. The average molecular weight is 241 g/mol. The molecular formula is C6H4BrCl2N. The number of nitrogens with zero attached hydrogens (tertiary/aromatic N) is 1. The van der Waals surface area contributed by atoms with E-state index in [2.05, 4.69) is 20.9 Å². The lowest BCUT2D eigenvalue weighted by Gasteiger charge is -1.98. The Morgan fingerprint density at radius 2 is 2.30 bits per heavy atom. The van der Waals surface area contributed by atoms with Gasteiger partial charge in [0.15, 0.2) is 0 Å². The van der Waals surface area contributed by atoms with Crippen molar-refractivity contribution in [3.8, 4) is 0 Å². The van der Waals surface area contributed by atoms with Crippen LogP contribution >= 0.6 is 39.1 Å². The molecule has 54 valence electrons. The fourth-order valence-electron chi connectivity index (χ4n) is 0.554. The molecule has 0 aliphatic heterocycles. The summed E-state index contributed by atoms with van der Waals surface area (Å²) in [6, 6.07) is 1.78. The second-order valence-corrected chi connectivity index (χ2v) is 3.19. The summed E-state index contributed by atoms with van der Waals surface area (Å²) >= 11 is 14.6. The van der Waals surface area contributed by atoms with Crippen LogP contribution < -0.4 is 0 Å². The van der Waals surface area contributed by atoms with Gasteiger partial charge in [-0.3, -0.25) is 4.98 Å². The zero-order valence-electron chi connectivity index (χ0n) is 4.94. The minimum absolute atomic E-state index is 0.346. The van der Waals surface area contributed by atoms with Crippen molar-refractivity contribution in [2.24, 2.45) is 0 Å².